The van der Waals surface area contributed by atoms with Gasteiger partial charge in [-0.15, -0.1) is 0 Å². The van der Waals surface area contributed by atoms with Crippen LogP contribution < -0.4 is 5.11 Å². The lowest BCUT2D eigenvalue weighted by Crippen LogP contribution is -2.17. The third kappa shape index (κ3) is 1.91. The maximum Gasteiger partial charge on any atom is 0.137 e. The number of hydrogen-bond acceptors (Lipinski definition) is 3. The number of nitrogens with zero attached hydrogens (tertiary/aromatic N) is 1. The van der Waals surface area contributed by atoms with Gasteiger partial charge in [-0.2, -0.15) is 0 Å². The van der Waals surface area contributed by atoms with E-state index in [9.17, 15) is 5.11 Å². The molecule has 0 amide bonds. The molecule has 0 fully saturated rings. The highest BCUT2D eigenvalue weighted by Crippen LogP contribution is 2.16. The van der Waals surface area contributed by atoms with Crippen molar-refractivity contribution in [3.05, 3.63) is 27.5 Å². The van der Waals surface area contributed by atoms with E-state index in [1.54, 1.807) is 0 Å². The predicted molar refractivity (Wildman–Crippen MR) is 43.8 cm³/mol. The van der Waals surface area contributed by atoms with Gasteiger partial charge >= 0.3 is 0 Å². The summed E-state index contributed by atoms with van der Waals surface area (Å²) in [6.07, 6.45) is 1.47. The number of rotatable bonds is 1. The van der Waals surface area contributed by atoms with E-state index in [2.05, 4.69) is 20.9 Å². The molecule has 0 atom stereocenters. The molecule has 5 heteroatoms. The molecule has 0 aliphatic heterocycles. The molecule has 0 aromatic carbocycles. The Labute approximate surface area is 76.7 Å². The summed E-state index contributed by atoms with van der Waals surface area (Å²) >= 11 is 8.63. The largest absolute Gasteiger partial charge is 0.859 e. The molecule has 0 unspecified atom stereocenters. The van der Waals surface area contributed by atoms with Gasteiger partial charge in [-0.1, -0.05) is 11.6 Å². The molecule has 0 saturated heterocycles. The topological polar surface area (TPSA) is 59.8 Å². The third-order valence-corrected chi connectivity index (χ3v) is 1.79. The van der Waals surface area contributed by atoms with Crippen LogP contribution in [0, 0.1) is 5.41 Å². The van der Waals surface area contributed by atoms with Gasteiger partial charge in [0.1, 0.15) is 5.15 Å². The summed E-state index contributed by atoms with van der Waals surface area (Å²) < 4.78 is 0.637. The Bertz CT molecular complexity index is 303. The summed E-state index contributed by atoms with van der Waals surface area (Å²) in [5.41, 5.74) is 0.112. The summed E-state index contributed by atoms with van der Waals surface area (Å²) in [7, 11) is 0. The van der Waals surface area contributed by atoms with E-state index in [1.807, 2.05) is 0 Å². The van der Waals surface area contributed by atoms with Crippen LogP contribution in [0.5, 0.6) is 0 Å². The number of halogens is 2. The minimum atomic E-state index is -0.830. The molecule has 0 spiro atoms. The second-order valence-corrected chi connectivity index (χ2v) is 3.09. The van der Waals surface area contributed by atoms with Gasteiger partial charge in [0.25, 0.3) is 0 Å². The molecule has 1 aromatic heterocycles. The number of hydrogen-bond donors (Lipinski definition) is 1. The average molecular weight is 234 g/mol. The zero-order valence-corrected chi connectivity index (χ0v) is 7.61. The fraction of sp³-hybridized carbons (Fsp3) is 0. The Balaban J connectivity index is 3.23. The van der Waals surface area contributed by atoms with Crippen LogP contribution in [0.4, 0.5) is 0 Å². The fourth-order valence-electron chi connectivity index (χ4n) is 0.582. The van der Waals surface area contributed by atoms with Gasteiger partial charge in [0.05, 0.1) is 0 Å². The van der Waals surface area contributed by atoms with Crippen molar-refractivity contribution in [1.29, 1.82) is 5.41 Å². The van der Waals surface area contributed by atoms with Crippen LogP contribution in [0.3, 0.4) is 0 Å². The van der Waals surface area contributed by atoms with Crippen LogP contribution in [0.15, 0.2) is 16.7 Å². The number of pyridine rings is 1. The van der Waals surface area contributed by atoms with Gasteiger partial charge < -0.3 is 10.5 Å². The van der Waals surface area contributed by atoms with Gasteiger partial charge in [0.2, 0.25) is 0 Å². The van der Waals surface area contributed by atoms with E-state index in [1.165, 1.54) is 12.3 Å². The molecular weight excluding hydrogens is 231 g/mol. The average Bonchev–Trinajstić information content (AvgIpc) is 1.94. The summed E-state index contributed by atoms with van der Waals surface area (Å²) in [4.78, 5) is 3.68. The first-order valence-corrected chi connectivity index (χ1v) is 3.85. The zero-order chi connectivity index (χ0) is 8.43. The summed E-state index contributed by atoms with van der Waals surface area (Å²) in [5, 5.41) is 17.4. The molecule has 0 radical (unpaired) electrons. The van der Waals surface area contributed by atoms with Gasteiger partial charge in [-0.05, 0) is 27.9 Å². The lowest BCUT2D eigenvalue weighted by Gasteiger charge is -2.08. The van der Waals surface area contributed by atoms with E-state index in [-0.39, 0.29) is 10.7 Å². The molecule has 1 N–H and O–H groups in total. The highest BCUT2D eigenvalue weighted by molar-refractivity contribution is 9.10. The first-order valence-electron chi connectivity index (χ1n) is 2.68. The summed E-state index contributed by atoms with van der Waals surface area (Å²) in [5.74, 6) is -0.830. The second-order valence-electron chi connectivity index (χ2n) is 1.82. The van der Waals surface area contributed by atoms with E-state index >= 15 is 0 Å². The molecule has 0 bridgehead atoms. The van der Waals surface area contributed by atoms with E-state index in [4.69, 9.17) is 17.0 Å². The first-order chi connectivity index (χ1) is 5.11. The van der Waals surface area contributed by atoms with Gasteiger partial charge in [0, 0.05) is 16.2 Å². The second kappa shape index (κ2) is 3.19. The molecular formula is C6H3BrClN2O-. The fourth-order valence-corrected chi connectivity index (χ4v) is 1.10. The molecule has 1 heterocycles. The van der Waals surface area contributed by atoms with Crippen molar-refractivity contribution in [2.45, 2.75) is 0 Å². The van der Waals surface area contributed by atoms with Gasteiger partial charge in [-0.25, -0.2) is 4.98 Å². The van der Waals surface area contributed by atoms with Gasteiger partial charge in [-0.3, -0.25) is 0 Å². The minimum Gasteiger partial charge on any atom is -0.859 e. The van der Waals surface area contributed by atoms with Crippen molar-refractivity contribution in [1.82, 2.24) is 4.98 Å². The van der Waals surface area contributed by atoms with Crippen LogP contribution in [-0.4, -0.2) is 10.9 Å². The van der Waals surface area contributed by atoms with E-state index in [0.29, 0.717) is 4.47 Å². The van der Waals surface area contributed by atoms with E-state index < -0.39 is 5.90 Å². The molecule has 0 saturated carbocycles. The maximum atomic E-state index is 10.5. The normalized spacial score (nSPS) is 9.64. The highest BCUT2D eigenvalue weighted by Gasteiger charge is 2.00. The van der Waals surface area contributed by atoms with Crippen molar-refractivity contribution in [3.63, 3.8) is 0 Å². The van der Waals surface area contributed by atoms with Crippen molar-refractivity contribution in [2.75, 3.05) is 0 Å². The number of aromatic nitrogens is 1. The Morgan fingerprint density at radius 2 is 2.36 bits per heavy atom. The van der Waals surface area contributed by atoms with Crippen molar-refractivity contribution in [3.8, 4) is 0 Å². The van der Waals surface area contributed by atoms with Gasteiger partial charge in [0.15, 0.2) is 0 Å². The van der Waals surface area contributed by atoms with Crippen LogP contribution in [-0.2, 0) is 0 Å². The third-order valence-electron chi connectivity index (χ3n) is 1.05. The molecule has 0 aliphatic rings. The van der Waals surface area contributed by atoms with Crippen molar-refractivity contribution >= 4 is 33.4 Å². The minimum absolute atomic E-state index is 0.0631. The quantitative estimate of drug-likeness (QED) is 0.451. The SMILES string of the molecule is N=C([O-])c1cc(Br)cnc1Cl. The Kier molecular flexibility index (Phi) is 2.46. The van der Waals surface area contributed by atoms with Crippen LogP contribution in [0.2, 0.25) is 5.15 Å². The van der Waals surface area contributed by atoms with Crippen molar-refractivity contribution in [2.24, 2.45) is 0 Å². The molecule has 11 heavy (non-hydrogen) atoms. The lowest BCUT2D eigenvalue weighted by atomic mass is 10.3. The maximum absolute atomic E-state index is 10.5. The Morgan fingerprint density at radius 1 is 1.73 bits per heavy atom. The van der Waals surface area contributed by atoms with Crippen molar-refractivity contribution < 1.29 is 5.11 Å². The molecule has 0 aliphatic carbocycles. The number of nitrogens with one attached hydrogen (secondary N) is 1. The molecule has 58 valence electrons. The monoisotopic (exact) mass is 233 g/mol. The predicted octanol–water partition coefficient (Wildman–Crippen LogP) is 1.18. The summed E-state index contributed by atoms with van der Waals surface area (Å²) in [6, 6.07) is 1.46. The van der Waals surface area contributed by atoms with Crippen LogP contribution in [0.1, 0.15) is 5.56 Å². The smallest absolute Gasteiger partial charge is 0.137 e. The molecule has 1 rings (SSSR count). The Morgan fingerprint density at radius 3 is 2.82 bits per heavy atom. The van der Waals surface area contributed by atoms with Crippen LogP contribution in [0.25, 0.3) is 0 Å². The van der Waals surface area contributed by atoms with Crippen LogP contribution >= 0.6 is 27.5 Å². The zero-order valence-electron chi connectivity index (χ0n) is 5.27. The molecule has 3 nitrogen and oxygen atoms in total. The Hall–Kier alpha value is -0.610. The lowest BCUT2D eigenvalue weighted by molar-refractivity contribution is -0.214. The first kappa shape index (κ1) is 8.49. The molecule has 1 aromatic rings. The standard InChI is InChI=1S/C6H4BrClN2O/c7-3-1-4(6(9)11)5(8)10-2-3/h1-2H,(H2,9,11)/p-1. The summed E-state index contributed by atoms with van der Waals surface area (Å²) in [6.45, 7) is 0. The van der Waals surface area contributed by atoms with E-state index in [0.717, 1.165) is 0 Å². The highest BCUT2D eigenvalue weighted by atomic mass is 79.9.